The Hall–Kier alpha value is -0.380. The summed E-state index contributed by atoms with van der Waals surface area (Å²) in [4.78, 5) is 3.87. The van der Waals surface area contributed by atoms with Gasteiger partial charge in [0.25, 0.3) is 0 Å². The fourth-order valence-corrected chi connectivity index (χ4v) is 0.648. The SMILES string of the molecule is CCc1nc(Br)no1. The molecular formula is C4H5BrN2O. The average molecular weight is 177 g/mol. The highest BCUT2D eigenvalue weighted by Crippen LogP contribution is 2.02. The van der Waals surface area contributed by atoms with Gasteiger partial charge >= 0.3 is 0 Å². The molecule has 0 aromatic carbocycles. The van der Waals surface area contributed by atoms with Gasteiger partial charge in [0.2, 0.25) is 10.6 Å². The van der Waals surface area contributed by atoms with Crippen molar-refractivity contribution in [1.82, 2.24) is 10.1 Å². The first-order chi connectivity index (χ1) is 3.83. The molecule has 1 aromatic heterocycles. The molecule has 0 amide bonds. The van der Waals surface area contributed by atoms with Gasteiger partial charge < -0.3 is 4.52 Å². The molecule has 3 nitrogen and oxygen atoms in total. The number of rotatable bonds is 1. The summed E-state index contributed by atoms with van der Waals surface area (Å²) in [5.74, 6) is 0.664. The number of aryl methyl sites for hydroxylation is 1. The van der Waals surface area contributed by atoms with Crippen LogP contribution in [0.25, 0.3) is 0 Å². The molecule has 0 atom stereocenters. The molecule has 1 heterocycles. The normalized spacial score (nSPS) is 9.75. The lowest BCUT2D eigenvalue weighted by molar-refractivity contribution is 0.379. The smallest absolute Gasteiger partial charge is 0.238 e. The predicted octanol–water partition coefficient (Wildman–Crippen LogP) is 1.39. The summed E-state index contributed by atoms with van der Waals surface area (Å²) in [6.45, 7) is 1.96. The van der Waals surface area contributed by atoms with Crippen molar-refractivity contribution in [2.45, 2.75) is 13.3 Å². The fraction of sp³-hybridized carbons (Fsp3) is 0.500. The summed E-state index contributed by atoms with van der Waals surface area (Å²) >= 11 is 3.06. The van der Waals surface area contributed by atoms with Crippen LogP contribution in [0.3, 0.4) is 0 Å². The van der Waals surface area contributed by atoms with Gasteiger partial charge in [-0.15, -0.1) is 0 Å². The first kappa shape index (κ1) is 5.75. The lowest BCUT2D eigenvalue weighted by Gasteiger charge is -1.74. The Kier molecular flexibility index (Phi) is 1.62. The molecule has 0 aliphatic rings. The molecule has 0 aliphatic carbocycles. The Morgan fingerprint density at radius 1 is 1.75 bits per heavy atom. The average Bonchev–Trinajstić information content (AvgIpc) is 2.14. The van der Waals surface area contributed by atoms with Crippen molar-refractivity contribution in [3.05, 3.63) is 10.6 Å². The zero-order chi connectivity index (χ0) is 5.98. The Morgan fingerprint density at radius 3 is 2.75 bits per heavy atom. The van der Waals surface area contributed by atoms with E-state index in [2.05, 4.69) is 26.1 Å². The van der Waals surface area contributed by atoms with Gasteiger partial charge in [-0.2, -0.15) is 4.98 Å². The molecule has 0 fully saturated rings. The highest BCUT2D eigenvalue weighted by Gasteiger charge is 1.96. The van der Waals surface area contributed by atoms with Crippen LogP contribution in [0.2, 0.25) is 0 Å². The van der Waals surface area contributed by atoms with Crippen LogP contribution >= 0.6 is 15.9 Å². The van der Waals surface area contributed by atoms with Crippen LogP contribution < -0.4 is 0 Å². The summed E-state index contributed by atoms with van der Waals surface area (Å²) in [5, 5.41) is 3.52. The van der Waals surface area contributed by atoms with E-state index in [4.69, 9.17) is 4.52 Å². The van der Waals surface area contributed by atoms with E-state index >= 15 is 0 Å². The molecule has 0 unspecified atom stereocenters. The van der Waals surface area contributed by atoms with Gasteiger partial charge in [0.05, 0.1) is 0 Å². The van der Waals surface area contributed by atoms with Gasteiger partial charge in [0, 0.05) is 6.42 Å². The maximum absolute atomic E-state index is 4.71. The molecule has 0 saturated heterocycles. The topological polar surface area (TPSA) is 38.9 Å². The molecule has 0 N–H and O–H groups in total. The summed E-state index contributed by atoms with van der Waals surface area (Å²) in [7, 11) is 0. The number of hydrogen-bond acceptors (Lipinski definition) is 3. The van der Waals surface area contributed by atoms with Crippen molar-refractivity contribution in [2.24, 2.45) is 0 Å². The predicted molar refractivity (Wildman–Crippen MR) is 31.4 cm³/mol. The second kappa shape index (κ2) is 2.26. The zero-order valence-corrected chi connectivity index (χ0v) is 5.97. The molecule has 1 rings (SSSR count). The molecule has 0 saturated carbocycles. The second-order valence-corrected chi connectivity index (χ2v) is 2.02. The third-order valence-electron chi connectivity index (χ3n) is 0.746. The first-order valence-electron chi connectivity index (χ1n) is 2.31. The van der Waals surface area contributed by atoms with Crippen molar-refractivity contribution in [3.8, 4) is 0 Å². The van der Waals surface area contributed by atoms with E-state index in [0.29, 0.717) is 10.6 Å². The summed E-state index contributed by atoms with van der Waals surface area (Å²) < 4.78 is 5.23. The fourth-order valence-electron chi connectivity index (χ4n) is 0.378. The second-order valence-electron chi connectivity index (χ2n) is 1.31. The van der Waals surface area contributed by atoms with E-state index in [1.54, 1.807) is 0 Å². The monoisotopic (exact) mass is 176 g/mol. The van der Waals surface area contributed by atoms with E-state index in [-0.39, 0.29) is 0 Å². The number of nitrogens with zero attached hydrogens (tertiary/aromatic N) is 2. The summed E-state index contributed by atoms with van der Waals surface area (Å²) in [5.41, 5.74) is 0. The first-order valence-corrected chi connectivity index (χ1v) is 3.10. The molecule has 8 heavy (non-hydrogen) atoms. The summed E-state index contributed by atoms with van der Waals surface area (Å²) in [6, 6.07) is 0. The van der Waals surface area contributed by atoms with Crippen molar-refractivity contribution >= 4 is 15.9 Å². The van der Waals surface area contributed by atoms with Crippen LogP contribution in [-0.2, 0) is 6.42 Å². The van der Waals surface area contributed by atoms with Crippen molar-refractivity contribution in [3.63, 3.8) is 0 Å². The standard InChI is InChI=1S/C4H5BrN2O/c1-2-3-6-4(5)7-8-3/h2H2,1H3. The molecule has 4 heteroatoms. The Labute approximate surface area is 55.2 Å². The van der Waals surface area contributed by atoms with Crippen LogP contribution in [0.1, 0.15) is 12.8 Å². The van der Waals surface area contributed by atoms with Crippen LogP contribution in [0.4, 0.5) is 0 Å². The molecular weight excluding hydrogens is 172 g/mol. The van der Waals surface area contributed by atoms with E-state index in [9.17, 15) is 0 Å². The Bertz CT molecular complexity index is 174. The minimum absolute atomic E-state index is 0.523. The molecule has 44 valence electrons. The maximum atomic E-state index is 4.71. The van der Waals surface area contributed by atoms with Crippen LogP contribution in [-0.4, -0.2) is 10.1 Å². The number of halogens is 1. The van der Waals surface area contributed by atoms with E-state index in [1.165, 1.54) is 0 Å². The van der Waals surface area contributed by atoms with Gasteiger partial charge in [0.15, 0.2) is 0 Å². The van der Waals surface area contributed by atoms with Gasteiger partial charge in [-0.25, -0.2) is 0 Å². The molecule has 1 aromatic rings. The minimum atomic E-state index is 0.523. The quantitative estimate of drug-likeness (QED) is 0.650. The van der Waals surface area contributed by atoms with E-state index in [1.807, 2.05) is 6.92 Å². The van der Waals surface area contributed by atoms with Gasteiger partial charge in [0.1, 0.15) is 0 Å². The molecule has 0 bridgehead atoms. The Balaban J connectivity index is 2.84. The van der Waals surface area contributed by atoms with E-state index in [0.717, 1.165) is 6.42 Å². The van der Waals surface area contributed by atoms with E-state index < -0.39 is 0 Å². The van der Waals surface area contributed by atoms with Gasteiger partial charge in [-0.1, -0.05) is 6.92 Å². The maximum Gasteiger partial charge on any atom is 0.238 e. The third-order valence-corrected chi connectivity index (χ3v) is 1.07. The Morgan fingerprint density at radius 2 is 2.50 bits per heavy atom. The van der Waals surface area contributed by atoms with Gasteiger partial charge in [-0.05, 0) is 21.1 Å². The lowest BCUT2D eigenvalue weighted by Crippen LogP contribution is -1.74. The largest absolute Gasteiger partial charge is 0.338 e. The van der Waals surface area contributed by atoms with Gasteiger partial charge in [-0.3, -0.25) is 0 Å². The molecule has 0 radical (unpaired) electrons. The highest BCUT2D eigenvalue weighted by molar-refractivity contribution is 9.10. The summed E-state index contributed by atoms with van der Waals surface area (Å²) in [6.07, 6.45) is 0.790. The molecule has 0 aliphatic heterocycles. The van der Waals surface area contributed by atoms with Crippen LogP contribution in [0.5, 0.6) is 0 Å². The van der Waals surface area contributed by atoms with Crippen molar-refractivity contribution in [1.29, 1.82) is 0 Å². The highest BCUT2D eigenvalue weighted by atomic mass is 79.9. The van der Waals surface area contributed by atoms with Crippen LogP contribution in [0.15, 0.2) is 9.26 Å². The third kappa shape index (κ3) is 1.06. The number of aromatic nitrogens is 2. The lowest BCUT2D eigenvalue weighted by atomic mass is 10.5. The zero-order valence-electron chi connectivity index (χ0n) is 4.39. The van der Waals surface area contributed by atoms with Crippen molar-refractivity contribution in [2.75, 3.05) is 0 Å². The minimum Gasteiger partial charge on any atom is -0.338 e. The molecule has 0 spiro atoms. The number of hydrogen-bond donors (Lipinski definition) is 0. The van der Waals surface area contributed by atoms with Crippen LogP contribution in [0, 0.1) is 0 Å². The van der Waals surface area contributed by atoms with Crippen molar-refractivity contribution < 1.29 is 4.52 Å².